The molecule has 3 heteroatoms. The first-order valence-corrected chi connectivity index (χ1v) is 5.60. The van der Waals surface area contributed by atoms with Gasteiger partial charge in [-0.05, 0) is 38.9 Å². The van der Waals surface area contributed by atoms with Gasteiger partial charge in [0.15, 0.2) is 0 Å². The van der Waals surface area contributed by atoms with Crippen LogP contribution in [-0.2, 0) is 6.42 Å². The Morgan fingerprint density at radius 3 is 2.73 bits per heavy atom. The molecule has 2 rings (SSSR count). The third kappa shape index (κ3) is 2.75. The maximum absolute atomic E-state index is 13.2. The molecule has 0 radical (unpaired) electrons. The van der Waals surface area contributed by atoms with Crippen LogP contribution in [0, 0.1) is 12.9 Å². The highest BCUT2D eigenvalue weighted by atomic mass is 19.1. The second-order valence-corrected chi connectivity index (χ2v) is 4.21. The van der Waals surface area contributed by atoms with Gasteiger partial charge >= 0.3 is 0 Å². The van der Waals surface area contributed by atoms with Gasteiger partial charge in [0.05, 0.1) is 0 Å². The van der Waals surface area contributed by atoms with Crippen LogP contribution in [0.4, 0.5) is 4.39 Å². The number of pyridine rings is 1. The number of likely N-dealkylation sites (tertiary alicyclic amines) is 1. The number of nitrogens with zero attached hydrogens (tertiary/aromatic N) is 2. The number of hydrogen-bond acceptors (Lipinski definition) is 2. The van der Waals surface area contributed by atoms with Crippen molar-refractivity contribution in [3.05, 3.63) is 29.3 Å². The molecule has 1 fully saturated rings. The highest BCUT2D eigenvalue weighted by Crippen LogP contribution is 2.09. The summed E-state index contributed by atoms with van der Waals surface area (Å²) in [5, 5.41) is 0. The lowest BCUT2D eigenvalue weighted by Gasteiger charge is -2.13. The van der Waals surface area contributed by atoms with E-state index in [0.717, 1.165) is 18.7 Å². The molecule has 1 aliphatic rings. The van der Waals surface area contributed by atoms with Crippen LogP contribution < -0.4 is 0 Å². The summed E-state index contributed by atoms with van der Waals surface area (Å²) in [6, 6.07) is 3.73. The summed E-state index contributed by atoms with van der Waals surface area (Å²) in [6.07, 6.45) is 3.46. The number of halogens is 1. The normalized spacial score (nSPS) is 17.2. The van der Waals surface area contributed by atoms with E-state index in [1.54, 1.807) is 6.92 Å². The molecule has 0 aromatic carbocycles. The SMILES string of the molecule is Cc1ccc(CCN2CCCC2)nc1F. The van der Waals surface area contributed by atoms with Crippen LogP contribution in [0.5, 0.6) is 0 Å². The minimum atomic E-state index is -0.325. The van der Waals surface area contributed by atoms with Gasteiger partial charge < -0.3 is 4.90 Å². The van der Waals surface area contributed by atoms with E-state index >= 15 is 0 Å². The van der Waals surface area contributed by atoms with Crippen LogP contribution in [0.25, 0.3) is 0 Å². The monoisotopic (exact) mass is 208 g/mol. The van der Waals surface area contributed by atoms with Gasteiger partial charge in [0.25, 0.3) is 0 Å². The van der Waals surface area contributed by atoms with Gasteiger partial charge in [-0.25, -0.2) is 4.98 Å². The first kappa shape index (κ1) is 10.6. The minimum absolute atomic E-state index is 0.325. The fourth-order valence-corrected chi connectivity index (χ4v) is 1.96. The fourth-order valence-electron chi connectivity index (χ4n) is 1.96. The van der Waals surface area contributed by atoms with Crippen molar-refractivity contribution in [2.24, 2.45) is 0 Å². The van der Waals surface area contributed by atoms with Gasteiger partial charge in [0.2, 0.25) is 5.95 Å². The second-order valence-electron chi connectivity index (χ2n) is 4.21. The van der Waals surface area contributed by atoms with Gasteiger partial charge in [-0.2, -0.15) is 4.39 Å². The molecule has 2 nitrogen and oxygen atoms in total. The van der Waals surface area contributed by atoms with Crippen molar-refractivity contribution >= 4 is 0 Å². The van der Waals surface area contributed by atoms with E-state index in [0.29, 0.717) is 5.56 Å². The number of aryl methyl sites for hydroxylation is 1. The summed E-state index contributed by atoms with van der Waals surface area (Å²) in [4.78, 5) is 6.36. The number of rotatable bonds is 3. The van der Waals surface area contributed by atoms with E-state index in [1.807, 2.05) is 12.1 Å². The Morgan fingerprint density at radius 2 is 2.07 bits per heavy atom. The second kappa shape index (κ2) is 4.71. The molecular formula is C12H17FN2. The zero-order chi connectivity index (χ0) is 10.7. The molecule has 0 amide bonds. The molecule has 82 valence electrons. The molecule has 0 N–H and O–H groups in total. The van der Waals surface area contributed by atoms with E-state index in [9.17, 15) is 4.39 Å². The maximum atomic E-state index is 13.2. The van der Waals surface area contributed by atoms with Gasteiger partial charge in [-0.15, -0.1) is 0 Å². The van der Waals surface area contributed by atoms with Crippen molar-refractivity contribution in [2.75, 3.05) is 19.6 Å². The van der Waals surface area contributed by atoms with Crippen molar-refractivity contribution in [3.63, 3.8) is 0 Å². The Labute approximate surface area is 90.1 Å². The van der Waals surface area contributed by atoms with E-state index in [1.165, 1.54) is 25.9 Å². The first-order valence-electron chi connectivity index (χ1n) is 5.60. The summed E-state index contributed by atoms with van der Waals surface area (Å²) in [5.74, 6) is -0.325. The molecule has 1 saturated heterocycles. The largest absolute Gasteiger partial charge is 0.303 e. The van der Waals surface area contributed by atoms with Crippen LogP contribution in [0.1, 0.15) is 24.1 Å². The molecule has 0 saturated carbocycles. The van der Waals surface area contributed by atoms with E-state index in [-0.39, 0.29) is 5.95 Å². The lowest BCUT2D eigenvalue weighted by atomic mass is 10.2. The van der Waals surface area contributed by atoms with Gasteiger partial charge in [-0.3, -0.25) is 0 Å². The Balaban J connectivity index is 1.90. The summed E-state index contributed by atoms with van der Waals surface area (Å²) in [7, 11) is 0. The zero-order valence-electron chi connectivity index (χ0n) is 9.17. The predicted molar refractivity (Wildman–Crippen MR) is 58.3 cm³/mol. The molecule has 0 aliphatic carbocycles. The average molecular weight is 208 g/mol. The van der Waals surface area contributed by atoms with Gasteiger partial charge in [-0.1, -0.05) is 6.07 Å². The van der Waals surface area contributed by atoms with Crippen molar-refractivity contribution in [3.8, 4) is 0 Å². The topological polar surface area (TPSA) is 16.1 Å². The molecule has 0 bridgehead atoms. The maximum Gasteiger partial charge on any atom is 0.215 e. The standard InChI is InChI=1S/C12H17FN2/c1-10-4-5-11(14-12(10)13)6-9-15-7-2-3-8-15/h4-5H,2-3,6-9H2,1H3. The predicted octanol–water partition coefficient (Wildman–Crippen LogP) is 2.17. The summed E-state index contributed by atoms with van der Waals surface area (Å²) in [6.45, 7) is 5.13. The number of aromatic nitrogens is 1. The smallest absolute Gasteiger partial charge is 0.215 e. The average Bonchev–Trinajstić information content (AvgIpc) is 2.73. The van der Waals surface area contributed by atoms with Crippen molar-refractivity contribution < 1.29 is 4.39 Å². The highest BCUT2D eigenvalue weighted by molar-refractivity contribution is 5.14. The van der Waals surface area contributed by atoms with E-state index in [4.69, 9.17) is 0 Å². The molecule has 0 atom stereocenters. The highest BCUT2D eigenvalue weighted by Gasteiger charge is 2.11. The Kier molecular flexibility index (Phi) is 3.31. The Morgan fingerprint density at radius 1 is 1.33 bits per heavy atom. The molecule has 0 spiro atoms. The minimum Gasteiger partial charge on any atom is -0.303 e. The fraction of sp³-hybridized carbons (Fsp3) is 0.583. The zero-order valence-corrected chi connectivity index (χ0v) is 9.17. The molecule has 1 aromatic rings. The van der Waals surface area contributed by atoms with E-state index < -0.39 is 0 Å². The molecule has 0 unspecified atom stereocenters. The molecule has 1 aromatic heterocycles. The molecule has 1 aliphatic heterocycles. The third-order valence-corrected chi connectivity index (χ3v) is 2.98. The van der Waals surface area contributed by atoms with E-state index in [2.05, 4.69) is 9.88 Å². The quantitative estimate of drug-likeness (QED) is 0.708. The summed E-state index contributed by atoms with van der Waals surface area (Å²) in [5.41, 5.74) is 1.49. The van der Waals surface area contributed by atoms with Gasteiger partial charge in [0, 0.05) is 24.2 Å². The van der Waals surface area contributed by atoms with Crippen LogP contribution in [0.3, 0.4) is 0 Å². The van der Waals surface area contributed by atoms with Crippen molar-refractivity contribution in [2.45, 2.75) is 26.2 Å². The lowest BCUT2D eigenvalue weighted by Crippen LogP contribution is -2.22. The van der Waals surface area contributed by atoms with Crippen LogP contribution >= 0.6 is 0 Å². The lowest BCUT2D eigenvalue weighted by molar-refractivity contribution is 0.341. The van der Waals surface area contributed by atoms with Gasteiger partial charge in [0.1, 0.15) is 0 Å². The van der Waals surface area contributed by atoms with Crippen LogP contribution in [0.2, 0.25) is 0 Å². The van der Waals surface area contributed by atoms with Crippen molar-refractivity contribution in [1.29, 1.82) is 0 Å². The molecule has 2 heterocycles. The van der Waals surface area contributed by atoms with Crippen molar-refractivity contribution in [1.82, 2.24) is 9.88 Å². The summed E-state index contributed by atoms with van der Waals surface area (Å²) >= 11 is 0. The third-order valence-electron chi connectivity index (χ3n) is 2.98. The molecular weight excluding hydrogens is 191 g/mol. The van der Waals surface area contributed by atoms with Crippen LogP contribution in [-0.4, -0.2) is 29.5 Å². The Bertz CT molecular complexity index is 332. The number of hydrogen-bond donors (Lipinski definition) is 0. The summed E-state index contributed by atoms with van der Waals surface area (Å²) < 4.78 is 13.2. The first-order chi connectivity index (χ1) is 7.25. The van der Waals surface area contributed by atoms with Crippen LogP contribution in [0.15, 0.2) is 12.1 Å². The Hall–Kier alpha value is -0.960. The molecule has 15 heavy (non-hydrogen) atoms.